The van der Waals surface area contributed by atoms with Gasteiger partial charge in [-0.25, -0.2) is 0 Å². The molecule has 2 rings (SSSR count). The lowest BCUT2D eigenvalue weighted by atomic mass is 10.1. The Labute approximate surface area is 125 Å². The van der Waals surface area contributed by atoms with Gasteiger partial charge in [-0.1, -0.05) is 0 Å². The van der Waals surface area contributed by atoms with Gasteiger partial charge in [-0.05, 0) is 39.0 Å². The van der Waals surface area contributed by atoms with E-state index in [1.54, 1.807) is 6.08 Å². The molecule has 21 heavy (non-hydrogen) atoms. The fraction of sp³-hybridized carbons (Fsp3) is 0.562. The molecule has 0 spiro atoms. The minimum Gasteiger partial charge on any atom is -0.462 e. The van der Waals surface area contributed by atoms with E-state index in [1.165, 1.54) is 6.08 Å². The Morgan fingerprint density at radius 3 is 2.67 bits per heavy atom. The molecule has 1 aromatic heterocycles. The van der Waals surface area contributed by atoms with Crippen molar-refractivity contribution in [3.8, 4) is 0 Å². The molecule has 0 saturated carbocycles. The van der Waals surface area contributed by atoms with Gasteiger partial charge < -0.3 is 14.5 Å². The molecule has 5 heteroatoms. The van der Waals surface area contributed by atoms with Crippen molar-refractivity contribution in [2.75, 3.05) is 26.3 Å². The molecule has 1 aromatic rings. The van der Waals surface area contributed by atoms with Gasteiger partial charge in [-0.15, -0.1) is 0 Å². The number of furan rings is 1. The lowest BCUT2D eigenvalue weighted by molar-refractivity contribution is -0.117. The van der Waals surface area contributed by atoms with Gasteiger partial charge in [0.2, 0.25) is 5.91 Å². The van der Waals surface area contributed by atoms with E-state index in [1.807, 2.05) is 26.0 Å². The number of carbonyl (C=O) groups is 1. The topological polar surface area (TPSA) is 54.7 Å². The summed E-state index contributed by atoms with van der Waals surface area (Å²) < 4.78 is 10.7. The number of aryl methyl sites for hydroxylation is 1. The van der Waals surface area contributed by atoms with Crippen LogP contribution in [0.1, 0.15) is 25.4 Å². The zero-order valence-corrected chi connectivity index (χ0v) is 13.0. The Kier molecular flexibility index (Phi) is 5.59. The minimum absolute atomic E-state index is 0.0820. The molecular formula is C16H24N2O3. The van der Waals surface area contributed by atoms with E-state index in [-0.39, 0.29) is 18.0 Å². The van der Waals surface area contributed by atoms with Crippen molar-refractivity contribution in [1.82, 2.24) is 10.2 Å². The zero-order chi connectivity index (χ0) is 15.2. The Bertz CT molecular complexity index is 489. The zero-order valence-electron chi connectivity index (χ0n) is 13.0. The lowest BCUT2D eigenvalue weighted by Gasteiger charge is -2.35. The van der Waals surface area contributed by atoms with Gasteiger partial charge in [0.1, 0.15) is 11.5 Å². The molecule has 2 atom stereocenters. The number of carbonyl (C=O) groups excluding carboxylic acids is 1. The highest BCUT2D eigenvalue weighted by Crippen LogP contribution is 2.09. The summed E-state index contributed by atoms with van der Waals surface area (Å²) in [6.45, 7) is 9.42. The van der Waals surface area contributed by atoms with Crippen LogP contribution in [0, 0.1) is 6.92 Å². The maximum Gasteiger partial charge on any atom is 0.244 e. The van der Waals surface area contributed by atoms with Gasteiger partial charge in [-0.2, -0.15) is 0 Å². The van der Waals surface area contributed by atoms with E-state index in [9.17, 15) is 4.79 Å². The highest BCUT2D eigenvalue weighted by atomic mass is 16.5. The maximum absolute atomic E-state index is 11.9. The smallest absolute Gasteiger partial charge is 0.244 e. The molecule has 1 N–H and O–H groups in total. The van der Waals surface area contributed by atoms with Gasteiger partial charge >= 0.3 is 0 Å². The molecule has 116 valence electrons. The molecule has 5 nitrogen and oxygen atoms in total. The average molecular weight is 292 g/mol. The molecule has 1 amide bonds. The van der Waals surface area contributed by atoms with E-state index < -0.39 is 0 Å². The third kappa shape index (κ3) is 4.72. The molecule has 2 unspecified atom stereocenters. The third-order valence-electron chi connectivity index (χ3n) is 3.88. The van der Waals surface area contributed by atoms with E-state index >= 15 is 0 Å². The summed E-state index contributed by atoms with van der Waals surface area (Å²) in [5.74, 6) is 1.43. The molecule has 0 aromatic carbocycles. The molecule has 0 radical (unpaired) electrons. The monoisotopic (exact) mass is 292 g/mol. The Morgan fingerprint density at radius 2 is 2.05 bits per heavy atom. The summed E-state index contributed by atoms with van der Waals surface area (Å²) in [7, 11) is 0. The fourth-order valence-corrected chi connectivity index (χ4v) is 2.39. The SMILES string of the molecule is Cc1ccc(C=CC(=O)NC(C)C(C)N2CCOCC2)o1. The van der Waals surface area contributed by atoms with Crippen LogP contribution >= 0.6 is 0 Å². The summed E-state index contributed by atoms with van der Waals surface area (Å²) in [5, 5.41) is 3.00. The normalized spacial score (nSPS) is 19.6. The second kappa shape index (κ2) is 7.43. The number of nitrogens with one attached hydrogen (secondary N) is 1. The number of ether oxygens (including phenoxy) is 1. The lowest BCUT2D eigenvalue weighted by Crippen LogP contribution is -2.51. The largest absolute Gasteiger partial charge is 0.462 e. The van der Waals surface area contributed by atoms with E-state index in [0.29, 0.717) is 5.76 Å². The van der Waals surface area contributed by atoms with Crippen molar-refractivity contribution >= 4 is 12.0 Å². The first-order chi connectivity index (χ1) is 10.1. The van der Waals surface area contributed by atoms with Crippen molar-refractivity contribution in [2.24, 2.45) is 0 Å². The Balaban J connectivity index is 1.82. The van der Waals surface area contributed by atoms with Crippen molar-refractivity contribution in [2.45, 2.75) is 32.9 Å². The van der Waals surface area contributed by atoms with Crippen LogP contribution in [0.4, 0.5) is 0 Å². The number of nitrogens with zero attached hydrogens (tertiary/aromatic N) is 1. The number of morpholine rings is 1. The number of rotatable bonds is 5. The van der Waals surface area contributed by atoms with Crippen LogP contribution in [0.15, 0.2) is 22.6 Å². The predicted molar refractivity (Wildman–Crippen MR) is 81.9 cm³/mol. The minimum atomic E-state index is -0.100. The highest BCUT2D eigenvalue weighted by Gasteiger charge is 2.22. The average Bonchev–Trinajstić information content (AvgIpc) is 2.91. The number of hydrogen-bond acceptors (Lipinski definition) is 4. The fourth-order valence-electron chi connectivity index (χ4n) is 2.39. The second-order valence-electron chi connectivity index (χ2n) is 5.47. The highest BCUT2D eigenvalue weighted by molar-refractivity contribution is 5.91. The van der Waals surface area contributed by atoms with Crippen molar-refractivity contribution in [1.29, 1.82) is 0 Å². The maximum atomic E-state index is 11.9. The van der Waals surface area contributed by atoms with E-state index in [2.05, 4.69) is 17.1 Å². The van der Waals surface area contributed by atoms with Crippen LogP contribution in [-0.4, -0.2) is 49.2 Å². The molecule has 0 bridgehead atoms. The van der Waals surface area contributed by atoms with Gasteiger partial charge in [-0.3, -0.25) is 9.69 Å². The van der Waals surface area contributed by atoms with Crippen LogP contribution in [0.3, 0.4) is 0 Å². The summed E-state index contributed by atoms with van der Waals surface area (Å²) >= 11 is 0. The molecular weight excluding hydrogens is 268 g/mol. The van der Waals surface area contributed by atoms with E-state index in [4.69, 9.17) is 9.15 Å². The third-order valence-corrected chi connectivity index (χ3v) is 3.88. The van der Waals surface area contributed by atoms with Crippen LogP contribution in [0.2, 0.25) is 0 Å². The van der Waals surface area contributed by atoms with Crippen molar-refractivity contribution in [3.63, 3.8) is 0 Å². The summed E-state index contributed by atoms with van der Waals surface area (Å²) in [4.78, 5) is 14.3. The second-order valence-corrected chi connectivity index (χ2v) is 5.47. The van der Waals surface area contributed by atoms with Crippen LogP contribution in [0.25, 0.3) is 6.08 Å². The predicted octanol–water partition coefficient (Wildman–Crippen LogP) is 1.83. The molecule has 1 saturated heterocycles. The van der Waals surface area contributed by atoms with Gasteiger partial charge in [0.25, 0.3) is 0 Å². The number of hydrogen-bond donors (Lipinski definition) is 1. The van der Waals surface area contributed by atoms with Crippen molar-refractivity contribution < 1.29 is 13.9 Å². The molecule has 1 aliphatic heterocycles. The Hall–Kier alpha value is -1.59. The van der Waals surface area contributed by atoms with Crippen molar-refractivity contribution in [3.05, 3.63) is 29.7 Å². The first kappa shape index (κ1) is 15.8. The van der Waals surface area contributed by atoms with Gasteiger partial charge in [0, 0.05) is 31.2 Å². The quantitative estimate of drug-likeness (QED) is 0.841. The first-order valence-corrected chi connectivity index (χ1v) is 7.43. The number of amides is 1. The van der Waals surface area contributed by atoms with E-state index in [0.717, 1.165) is 32.1 Å². The standard InChI is InChI=1S/C16H24N2O3/c1-12-4-5-15(21-12)6-7-16(19)17-13(2)14(3)18-8-10-20-11-9-18/h4-7,13-14H,8-11H2,1-3H3,(H,17,19). The summed E-state index contributed by atoms with van der Waals surface area (Å²) in [6.07, 6.45) is 3.20. The Morgan fingerprint density at radius 1 is 1.33 bits per heavy atom. The van der Waals surface area contributed by atoms with Crippen LogP contribution in [-0.2, 0) is 9.53 Å². The summed E-state index contributed by atoms with van der Waals surface area (Å²) in [6, 6.07) is 4.09. The molecule has 0 aliphatic carbocycles. The van der Waals surface area contributed by atoms with Gasteiger partial charge in [0.15, 0.2) is 0 Å². The summed E-state index contributed by atoms with van der Waals surface area (Å²) in [5.41, 5.74) is 0. The first-order valence-electron chi connectivity index (χ1n) is 7.43. The van der Waals surface area contributed by atoms with Crippen LogP contribution < -0.4 is 5.32 Å². The van der Waals surface area contributed by atoms with Gasteiger partial charge in [0.05, 0.1) is 13.2 Å². The molecule has 1 fully saturated rings. The molecule has 1 aliphatic rings. The molecule has 2 heterocycles. The van der Waals surface area contributed by atoms with Crippen LogP contribution in [0.5, 0.6) is 0 Å².